The van der Waals surface area contributed by atoms with Crippen molar-refractivity contribution in [3.8, 4) is 0 Å². The molecular formula is C13H24O4Si. The van der Waals surface area contributed by atoms with E-state index in [9.17, 15) is 9.59 Å². The lowest BCUT2D eigenvalue weighted by Gasteiger charge is -2.32. The Balaban J connectivity index is 2.69. The molecule has 0 bridgehead atoms. The van der Waals surface area contributed by atoms with Gasteiger partial charge >= 0.3 is 11.9 Å². The standard InChI is InChI=1S/C13H24O4Si/c1-6-13(2,9-18(3,4)5)12(15)17-10-7-8-16-11(10)14/h10H,6-9H2,1-5H3. The highest BCUT2D eigenvalue weighted by Gasteiger charge is 2.41. The van der Waals surface area contributed by atoms with E-state index in [1.165, 1.54) is 0 Å². The minimum atomic E-state index is -1.37. The van der Waals surface area contributed by atoms with Gasteiger partial charge < -0.3 is 9.47 Å². The van der Waals surface area contributed by atoms with Crippen molar-refractivity contribution in [2.24, 2.45) is 5.41 Å². The molecule has 0 aromatic rings. The van der Waals surface area contributed by atoms with E-state index in [2.05, 4.69) is 19.6 Å². The fourth-order valence-electron chi connectivity index (χ4n) is 2.37. The van der Waals surface area contributed by atoms with Gasteiger partial charge in [0.15, 0.2) is 0 Å². The van der Waals surface area contributed by atoms with Crippen LogP contribution in [0, 0.1) is 5.41 Å². The van der Waals surface area contributed by atoms with E-state index in [-0.39, 0.29) is 5.97 Å². The molecule has 1 heterocycles. The lowest BCUT2D eigenvalue weighted by molar-refractivity contribution is -0.167. The molecule has 0 aliphatic carbocycles. The quantitative estimate of drug-likeness (QED) is 0.570. The van der Waals surface area contributed by atoms with E-state index in [0.29, 0.717) is 13.0 Å². The van der Waals surface area contributed by atoms with Crippen molar-refractivity contribution in [2.45, 2.75) is 58.5 Å². The molecule has 0 radical (unpaired) electrons. The first-order valence-corrected chi connectivity index (χ1v) is 10.3. The molecule has 0 saturated carbocycles. The maximum Gasteiger partial charge on any atom is 0.347 e. The third-order valence-electron chi connectivity index (χ3n) is 3.33. The highest BCUT2D eigenvalue weighted by molar-refractivity contribution is 6.76. The summed E-state index contributed by atoms with van der Waals surface area (Å²) in [6.07, 6.45) is 0.528. The Morgan fingerprint density at radius 1 is 1.50 bits per heavy atom. The van der Waals surface area contributed by atoms with Crippen LogP contribution < -0.4 is 0 Å². The summed E-state index contributed by atoms with van der Waals surface area (Å²) in [5.74, 6) is -0.661. The van der Waals surface area contributed by atoms with Gasteiger partial charge in [0, 0.05) is 14.5 Å². The van der Waals surface area contributed by atoms with E-state index in [1.807, 2.05) is 13.8 Å². The van der Waals surface area contributed by atoms with Crippen molar-refractivity contribution < 1.29 is 19.1 Å². The summed E-state index contributed by atoms with van der Waals surface area (Å²) in [4.78, 5) is 23.6. The summed E-state index contributed by atoms with van der Waals surface area (Å²) in [5.41, 5.74) is -0.479. The predicted octanol–water partition coefficient (Wildman–Crippen LogP) is 2.60. The van der Waals surface area contributed by atoms with Gasteiger partial charge in [-0.25, -0.2) is 4.79 Å². The Kier molecular flexibility index (Phi) is 4.59. The van der Waals surface area contributed by atoms with Crippen LogP contribution in [0.4, 0.5) is 0 Å². The zero-order valence-corrected chi connectivity index (χ0v) is 13.0. The molecule has 0 N–H and O–H groups in total. The van der Waals surface area contributed by atoms with Gasteiger partial charge in [-0.05, 0) is 19.4 Å². The number of ether oxygens (including phenoxy) is 2. The molecular weight excluding hydrogens is 248 g/mol. The second kappa shape index (κ2) is 5.43. The molecule has 2 atom stereocenters. The van der Waals surface area contributed by atoms with Crippen molar-refractivity contribution in [1.82, 2.24) is 0 Å². The molecule has 0 aromatic heterocycles. The van der Waals surface area contributed by atoms with Crippen molar-refractivity contribution in [3.63, 3.8) is 0 Å². The van der Waals surface area contributed by atoms with Crippen LogP contribution in [-0.2, 0) is 19.1 Å². The van der Waals surface area contributed by atoms with Crippen LogP contribution in [0.25, 0.3) is 0 Å². The molecule has 1 rings (SSSR count). The first-order valence-electron chi connectivity index (χ1n) is 6.56. The normalized spacial score (nSPS) is 23.4. The molecule has 4 nitrogen and oxygen atoms in total. The Morgan fingerprint density at radius 2 is 2.11 bits per heavy atom. The number of hydrogen-bond acceptors (Lipinski definition) is 4. The van der Waals surface area contributed by atoms with Crippen LogP contribution in [-0.4, -0.2) is 32.7 Å². The molecule has 0 amide bonds. The van der Waals surface area contributed by atoms with E-state index < -0.39 is 25.6 Å². The summed E-state index contributed by atoms with van der Waals surface area (Å²) in [6.45, 7) is 11.0. The summed E-state index contributed by atoms with van der Waals surface area (Å²) >= 11 is 0. The van der Waals surface area contributed by atoms with Gasteiger partial charge in [0.05, 0.1) is 12.0 Å². The van der Waals surface area contributed by atoms with Gasteiger partial charge in [-0.2, -0.15) is 0 Å². The number of esters is 2. The molecule has 104 valence electrons. The third kappa shape index (κ3) is 3.83. The minimum Gasteiger partial charge on any atom is -0.463 e. The molecule has 2 unspecified atom stereocenters. The Hall–Kier alpha value is -0.843. The fourth-order valence-corrected chi connectivity index (χ4v) is 5.10. The van der Waals surface area contributed by atoms with Gasteiger partial charge in [0.2, 0.25) is 6.10 Å². The lowest BCUT2D eigenvalue weighted by Crippen LogP contribution is -2.39. The van der Waals surface area contributed by atoms with Gasteiger partial charge in [0.1, 0.15) is 0 Å². The molecule has 1 aliphatic rings. The Labute approximate surface area is 110 Å². The monoisotopic (exact) mass is 272 g/mol. The molecule has 1 saturated heterocycles. The zero-order valence-electron chi connectivity index (χ0n) is 12.0. The van der Waals surface area contributed by atoms with Crippen LogP contribution in [0.3, 0.4) is 0 Å². The van der Waals surface area contributed by atoms with Crippen LogP contribution in [0.5, 0.6) is 0 Å². The highest BCUT2D eigenvalue weighted by atomic mass is 28.3. The zero-order chi connectivity index (χ0) is 14.0. The smallest absolute Gasteiger partial charge is 0.347 e. The molecule has 0 aromatic carbocycles. The topological polar surface area (TPSA) is 52.6 Å². The van der Waals surface area contributed by atoms with E-state index >= 15 is 0 Å². The second-order valence-corrected chi connectivity index (χ2v) is 12.0. The Morgan fingerprint density at radius 3 is 2.50 bits per heavy atom. The number of rotatable bonds is 5. The summed E-state index contributed by atoms with van der Waals surface area (Å²) < 4.78 is 10.1. The average molecular weight is 272 g/mol. The molecule has 0 spiro atoms. The highest BCUT2D eigenvalue weighted by Crippen LogP contribution is 2.34. The predicted molar refractivity (Wildman–Crippen MR) is 72.0 cm³/mol. The van der Waals surface area contributed by atoms with Crippen molar-refractivity contribution in [2.75, 3.05) is 6.61 Å². The van der Waals surface area contributed by atoms with Gasteiger partial charge in [-0.1, -0.05) is 26.6 Å². The second-order valence-electron chi connectivity index (χ2n) is 6.50. The molecule has 5 heteroatoms. The van der Waals surface area contributed by atoms with Gasteiger partial charge in [0.25, 0.3) is 0 Å². The molecule has 1 aliphatic heterocycles. The van der Waals surface area contributed by atoms with Crippen molar-refractivity contribution >= 4 is 20.0 Å². The first-order chi connectivity index (χ1) is 8.18. The van der Waals surface area contributed by atoms with Crippen LogP contribution >= 0.6 is 0 Å². The van der Waals surface area contributed by atoms with Gasteiger partial charge in [-0.3, -0.25) is 4.79 Å². The van der Waals surface area contributed by atoms with E-state index in [1.54, 1.807) is 0 Å². The number of carbonyl (C=O) groups is 2. The third-order valence-corrected chi connectivity index (χ3v) is 5.17. The number of hydrogen-bond donors (Lipinski definition) is 0. The van der Waals surface area contributed by atoms with Crippen LogP contribution in [0.15, 0.2) is 0 Å². The SMILES string of the molecule is CCC(C)(C[Si](C)(C)C)C(=O)OC1CCOC1=O. The van der Waals surface area contributed by atoms with Crippen molar-refractivity contribution in [3.05, 3.63) is 0 Å². The molecule has 18 heavy (non-hydrogen) atoms. The first kappa shape index (κ1) is 15.2. The Bertz CT molecular complexity index is 334. The van der Waals surface area contributed by atoms with Crippen LogP contribution in [0.1, 0.15) is 26.7 Å². The summed E-state index contributed by atoms with van der Waals surface area (Å²) in [7, 11) is -1.37. The fraction of sp³-hybridized carbons (Fsp3) is 0.846. The minimum absolute atomic E-state index is 0.253. The van der Waals surface area contributed by atoms with E-state index in [0.717, 1.165) is 12.5 Å². The van der Waals surface area contributed by atoms with Gasteiger partial charge in [-0.15, -0.1) is 0 Å². The van der Waals surface area contributed by atoms with E-state index in [4.69, 9.17) is 9.47 Å². The largest absolute Gasteiger partial charge is 0.463 e. The molecule has 1 fully saturated rings. The maximum absolute atomic E-state index is 12.3. The summed E-state index contributed by atoms with van der Waals surface area (Å²) in [6, 6.07) is 0.872. The maximum atomic E-state index is 12.3. The average Bonchev–Trinajstić information content (AvgIpc) is 2.62. The van der Waals surface area contributed by atoms with Crippen LogP contribution in [0.2, 0.25) is 25.7 Å². The summed E-state index contributed by atoms with van der Waals surface area (Å²) in [5, 5.41) is 0. The number of cyclic esters (lactones) is 1. The van der Waals surface area contributed by atoms with Crippen molar-refractivity contribution in [1.29, 1.82) is 0 Å². The number of carbonyl (C=O) groups excluding carboxylic acids is 2. The lowest BCUT2D eigenvalue weighted by atomic mass is 9.90.